The molecule has 1 aliphatic rings. The van der Waals surface area contributed by atoms with Crippen molar-refractivity contribution in [2.75, 3.05) is 0 Å². The average Bonchev–Trinajstić information content (AvgIpc) is 3.44. The van der Waals surface area contributed by atoms with E-state index in [1.807, 2.05) is 6.07 Å². The number of benzene rings is 2. The number of aromatic nitrogens is 2. The van der Waals surface area contributed by atoms with Crippen LogP contribution >= 0.6 is 11.6 Å². The Morgan fingerprint density at radius 1 is 1.21 bits per heavy atom. The molecule has 142 valence electrons. The van der Waals surface area contributed by atoms with E-state index in [0.717, 1.165) is 12.8 Å². The number of carbonyl (C=O) groups excluding carboxylic acids is 1. The maximum Gasteiger partial charge on any atom is 0.270 e. The van der Waals surface area contributed by atoms with Gasteiger partial charge in [-0.3, -0.25) is 14.9 Å². The Kier molecular flexibility index (Phi) is 4.79. The van der Waals surface area contributed by atoms with Crippen LogP contribution in [-0.2, 0) is 6.54 Å². The molecule has 0 spiro atoms. The monoisotopic (exact) mass is 398 g/mol. The zero-order chi connectivity index (χ0) is 19.7. The lowest BCUT2D eigenvalue weighted by Gasteiger charge is -2.20. The third-order valence-corrected chi connectivity index (χ3v) is 4.76. The summed E-state index contributed by atoms with van der Waals surface area (Å²) >= 11 is 6.16. The molecule has 0 saturated heterocycles. The normalized spacial score (nSPS) is 13.3. The van der Waals surface area contributed by atoms with Crippen molar-refractivity contribution in [2.45, 2.75) is 25.4 Å². The number of nitrogens with zero attached hydrogens (tertiary/aromatic N) is 4. The first-order chi connectivity index (χ1) is 13.5. The van der Waals surface area contributed by atoms with Crippen molar-refractivity contribution in [2.24, 2.45) is 0 Å². The Hall–Kier alpha value is -3.26. The summed E-state index contributed by atoms with van der Waals surface area (Å²) in [5.74, 6) is 0.253. The van der Waals surface area contributed by atoms with E-state index >= 15 is 0 Å². The lowest BCUT2D eigenvalue weighted by atomic mass is 10.1. The van der Waals surface area contributed by atoms with Gasteiger partial charge in [0.05, 0.1) is 22.1 Å². The molecule has 1 heterocycles. The molecule has 1 fully saturated rings. The molecule has 8 nitrogen and oxygen atoms in total. The molecule has 28 heavy (non-hydrogen) atoms. The number of hydrogen-bond acceptors (Lipinski definition) is 6. The predicted octanol–water partition coefficient (Wildman–Crippen LogP) is 4.10. The van der Waals surface area contributed by atoms with Crippen LogP contribution in [0.5, 0.6) is 0 Å². The van der Waals surface area contributed by atoms with Crippen molar-refractivity contribution in [3.63, 3.8) is 0 Å². The molecule has 1 aromatic heterocycles. The topological polar surface area (TPSA) is 102 Å². The number of nitro benzene ring substituents is 1. The summed E-state index contributed by atoms with van der Waals surface area (Å²) in [6.07, 6.45) is 1.73. The van der Waals surface area contributed by atoms with Gasteiger partial charge in [-0.05, 0) is 31.0 Å². The van der Waals surface area contributed by atoms with Crippen LogP contribution in [0, 0.1) is 10.1 Å². The van der Waals surface area contributed by atoms with Gasteiger partial charge in [-0.2, -0.15) is 0 Å². The largest absolute Gasteiger partial charge is 0.419 e. The lowest BCUT2D eigenvalue weighted by Crippen LogP contribution is -2.32. The Bertz CT molecular complexity index is 1050. The maximum absolute atomic E-state index is 12.9. The summed E-state index contributed by atoms with van der Waals surface area (Å²) in [7, 11) is 0. The van der Waals surface area contributed by atoms with Crippen LogP contribution in [0.2, 0.25) is 5.02 Å². The first-order valence-electron chi connectivity index (χ1n) is 8.65. The third kappa shape index (κ3) is 3.72. The van der Waals surface area contributed by atoms with Gasteiger partial charge in [-0.25, -0.2) is 0 Å². The van der Waals surface area contributed by atoms with Crippen molar-refractivity contribution >= 4 is 23.2 Å². The maximum atomic E-state index is 12.9. The number of nitro groups is 1. The first-order valence-corrected chi connectivity index (χ1v) is 9.03. The molecular formula is C19H15ClN4O4. The fraction of sp³-hybridized carbons (Fsp3) is 0.211. The van der Waals surface area contributed by atoms with Crippen LogP contribution in [-0.4, -0.2) is 32.0 Å². The van der Waals surface area contributed by atoms with E-state index < -0.39 is 4.92 Å². The van der Waals surface area contributed by atoms with Crippen molar-refractivity contribution in [3.8, 4) is 11.5 Å². The molecule has 0 unspecified atom stereocenters. The van der Waals surface area contributed by atoms with Crippen molar-refractivity contribution in [1.29, 1.82) is 0 Å². The summed E-state index contributed by atoms with van der Waals surface area (Å²) < 4.78 is 5.70. The zero-order valence-corrected chi connectivity index (χ0v) is 15.4. The van der Waals surface area contributed by atoms with E-state index in [4.69, 9.17) is 16.0 Å². The molecule has 0 aliphatic heterocycles. The smallest absolute Gasteiger partial charge is 0.270 e. The molecule has 2 aromatic carbocycles. The second-order valence-electron chi connectivity index (χ2n) is 6.45. The van der Waals surface area contributed by atoms with Crippen LogP contribution in [0.4, 0.5) is 5.69 Å². The minimum Gasteiger partial charge on any atom is -0.419 e. The number of amides is 1. The molecule has 0 N–H and O–H groups in total. The summed E-state index contributed by atoms with van der Waals surface area (Å²) in [4.78, 5) is 25.0. The highest BCUT2D eigenvalue weighted by Gasteiger charge is 2.34. The minimum absolute atomic E-state index is 0.0578. The first kappa shape index (κ1) is 18.1. The second kappa shape index (κ2) is 7.40. The third-order valence-electron chi connectivity index (χ3n) is 4.43. The Morgan fingerprint density at radius 2 is 2.00 bits per heavy atom. The number of halogens is 1. The van der Waals surface area contributed by atoms with Crippen LogP contribution in [0.1, 0.15) is 29.1 Å². The van der Waals surface area contributed by atoms with Gasteiger partial charge in [-0.1, -0.05) is 29.8 Å². The highest BCUT2D eigenvalue weighted by molar-refractivity contribution is 6.33. The van der Waals surface area contributed by atoms with E-state index in [2.05, 4.69) is 10.2 Å². The van der Waals surface area contributed by atoms with Gasteiger partial charge in [0, 0.05) is 23.7 Å². The fourth-order valence-electron chi connectivity index (χ4n) is 2.88. The van der Waals surface area contributed by atoms with E-state index in [-0.39, 0.29) is 41.5 Å². The van der Waals surface area contributed by atoms with Crippen LogP contribution < -0.4 is 0 Å². The highest BCUT2D eigenvalue weighted by Crippen LogP contribution is 2.31. The number of rotatable bonds is 6. The Morgan fingerprint density at radius 3 is 2.71 bits per heavy atom. The van der Waals surface area contributed by atoms with Gasteiger partial charge >= 0.3 is 0 Å². The van der Waals surface area contributed by atoms with Crippen molar-refractivity contribution in [1.82, 2.24) is 15.1 Å². The van der Waals surface area contributed by atoms with Gasteiger partial charge < -0.3 is 9.32 Å². The SMILES string of the molecule is O=C(c1cccc([N+](=O)[O-])c1)N(Cc1nnc(-c2ccccc2Cl)o1)C1CC1. The summed E-state index contributed by atoms with van der Waals surface area (Å²) in [6, 6.07) is 12.9. The number of carbonyl (C=O) groups is 1. The molecule has 1 aliphatic carbocycles. The Labute approximate surface area is 164 Å². The van der Waals surface area contributed by atoms with Gasteiger partial charge in [-0.15, -0.1) is 10.2 Å². The summed E-state index contributed by atoms with van der Waals surface area (Å²) in [6.45, 7) is 0.129. The van der Waals surface area contributed by atoms with E-state index in [1.54, 1.807) is 29.2 Å². The van der Waals surface area contributed by atoms with Gasteiger partial charge in [0.25, 0.3) is 11.6 Å². The van der Waals surface area contributed by atoms with Crippen molar-refractivity contribution < 1.29 is 14.1 Å². The fourth-order valence-corrected chi connectivity index (χ4v) is 3.09. The summed E-state index contributed by atoms with van der Waals surface area (Å²) in [5, 5.41) is 19.5. The highest BCUT2D eigenvalue weighted by atomic mass is 35.5. The Balaban J connectivity index is 1.57. The lowest BCUT2D eigenvalue weighted by molar-refractivity contribution is -0.384. The molecular weight excluding hydrogens is 384 g/mol. The number of hydrogen-bond donors (Lipinski definition) is 0. The van der Waals surface area contributed by atoms with Gasteiger partial charge in [0.2, 0.25) is 11.8 Å². The minimum atomic E-state index is -0.522. The van der Waals surface area contributed by atoms with Crippen molar-refractivity contribution in [3.05, 3.63) is 75.1 Å². The predicted molar refractivity (Wildman–Crippen MR) is 101 cm³/mol. The van der Waals surface area contributed by atoms with E-state index in [9.17, 15) is 14.9 Å². The molecule has 1 amide bonds. The molecule has 4 rings (SSSR count). The van der Waals surface area contributed by atoms with E-state index in [1.165, 1.54) is 18.2 Å². The number of non-ortho nitro benzene ring substituents is 1. The molecule has 0 atom stereocenters. The molecule has 1 saturated carbocycles. The van der Waals surface area contributed by atoms with Gasteiger partial charge in [0.15, 0.2) is 0 Å². The van der Waals surface area contributed by atoms with Crippen LogP contribution in [0.15, 0.2) is 52.9 Å². The standard InChI is InChI=1S/C19H15ClN4O4/c20-16-7-2-1-6-15(16)18-22-21-17(28-18)11-23(13-8-9-13)19(25)12-4-3-5-14(10-12)24(26)27/h1-7,10,13H,8-9,11H2. The van der Waals surface area contributed by atoms with Crippen LogP contribution in [0.25, 0.3) is 11.5 Å². The van der Waals surface area contributed by atoms with Crippen LogP contribution in [0.3, 0.4) is 0 Å². The van der Waals surface area contributed by atoms with E-state index in [0.29, 0.717) is 10.6 Å². The molecule has 0 bridgehead atoms. The molecule has 3 aromatic rings. The molecule has 9 heteroatoms. The average molecular weight is 399 g/mol. The molecule has 0 radical (unpaired) electrons. The summed E-state index contributed by atoms with van der Waals surface area (Å²) in [5.41, 5.74) is 0.748. The quantitative estimate of drug-likeness (QED) is 0.457. The second-order valence-corrected chi connectivity index (χ2v) is 6.86. The zero-order valence-electron chi connectivity index (χ0n) is 14.6. The van der Waals surface area contributed by atoms with Gasteiger partial charge in [0.1, 0.15) is 0 Å².